The van der Waals surface area contributed by atoms with E-state index in [9.17, 15) is 13.6 Å². The molecule has 1 aromatic rings. The molecule has 1 unspecified atom stereocenters. The van der Waals surface area contributed by atoms with E-state index in [1.54, 1.807) is 45.0 Å². The molecule has 2 fully saturated rings. The third kappa shape index (κ3) is 4.64. The third-order valence-corrected chi connectivity index (χ3v) is 6.12. The van der Waals surface area contributed by atoms with Crippen LogP contribution in [0.1, 0.15) is 66.4 Å². The molecule has 2 aliphatic heterocycles. The van der Waals surface area contributed by atoms with Crippen LogP contribution in [0, 0.1) is 0 Å². The second-order valence-electron chi connectivity index (χ2n) is 10.3. The van der Waals surface area contributed by atoms with E-state index >= 15 is 0 Å². The van der Waals surface area contributed by atoms with Crippen LogP contribution in [0.2, 0.25) is 0 Å². The number of carbonyl (C=O) groups excluding carboxylic acids is 1. The molecule has 3 rings (SSSR count). The van der Waals surface area contributed by atoms with E-state index in [0.29, 0.717) is 5.56 Å². The van der Waals surface area contributed by atoms with Crippen molar-refractivity contribution in [3.8, 4) is 0 Å². The molecule has 1 amide bonds. The van der Waals surface area contributed by atoms with Crippen molar-refractivity contribution in [1.82, 2.24) is 4.90 Å². The van der Waals surface area contributed by atoms with Crippen molar-refractivity contribution in [3.63, 3.8) is 0 Å². The summed E-state index contributed by atoms with van der Waals surface area (Å²) in [6.45, 7) is 12.6. The predicted molar refractivity (Wildman–Crippen MR) is 112 cm³/mol. The van der Waals surface area contributed by atoms with Crippen molar-refractivity contribution in [2.45, 2.75) is 83.5 Å². The molecule has 0 radical (unpaired) electrons. The Labute approximate surface area is 178 Å². The Hall–Kier alpha value is -1.67. The van der Waals surface area contributed by atoms with Crippen LogP contribution < -0.4 is 5.46 Å². The van der Waals surface area contributed by atoms with Gasteiger partial charge < -0.3 is 18.9 Å². The van der Waals surface area contributed by atoms with Crippen molar-refractivity contribution in [3.05, 3.63) is 29.8 Å². The number of amides is 1. The maximum atomic E-state index is 14.9. The van der Waals surface area contributed by atoms with E-state index in [0.717, 1.165) is 10.4 Å². The van der Waals surface area contributed by atoms with E-state index in [2.05, 4.69) is 0 Å². The lowest BCUT2D eigenvalue weighted by Gasteiger charge is -2.39. The number of alkyl halides is 2. The Balaban J connectivity index is 1.69. The van der Waals surface area contributed by atoms with Crippen LogP contribution in [-0.2, 0) is 14.0 Å². The quantitative estimate of drug-likeness (QED) is 0.664. The Bertz CT molecular complexity index is 773. The fourth-order valence-electron chi connectivity index (χ4n) is 3.70. The van der Waals surface area contributed by atoms with E-state index in [-0.39, 0.29) is 13.0 Å². The lowest BCUT2D eigenvalue weighted by Crippen LogP contribution is -2.51. The fourth-order valence-corrected chi connectivity index (χ4v) is 3.70. The number of nitrogens with zero attached hydrogens (tertiary/aromatic N) is 1. The summed E-state index contributed by atoms with van der Waals surface area (Å²) in [6.07, 6.45) is -0.529. The average molecular weight is 423 g/mol. The highest BCUT2D eigenvalue weighted by molar-refractivity contribution is 6.62. The zero-order chi connectivity index (χ0) is 22.5. The van der Waals surface area contributed by atoms with Gasteiger partial charge in [-0.1, -0.05) is 24.3 Å². The van der Waals surface area contributed by atoms with Gasteiger partial charge in [-0.3, -0.25) is 0 Å². The van der Waals surface area contributed by atoms with Crippen LogP contribution in [-0.4, -0.2) is 53.9 Å². The minimum atomic E-state index is -3.04. The van der Waals surface area contributed by atoms with Crippen LogP contribution in [0.5, 0.6) is 0 Å². The molecular weight excluding hydrogens is 391 g/mol. The monoisotopic (exact) mass is 423 g/mol. The molecule has 30 heavy (non-hydrogen) atoms. The van der Waals surface area contributed by atoms with Gasteiger partial charge in [0.2, 0.25) is 0 Å². The van der Waals surface area contributed by atoms with Crippen molar-refractivity contribution in [2.75, 3.05) is 13.1 Å². The summed E-state index contributed by atoms with van der Waals surface area (Å²) in [5.74, 6) is -4.00. The lowest BCUT2D eigenvalue weighted by atomic mass is 9.77. The summed E-state index contributed by atoms with van der Waals surface area (Å²) >= 11 is 0. The SMILES string of the molecule is CC(C)(C)OC(=O)N1CCC(c2ccc(B3OC(C)(C)C(C)(C)O3)cc2)C(F)(F)C1. The Kier molecular flexibility index (Phi) is 5.74. The van der Waals surface area contributed by atoms with Gasteiger partial charge in [0.25, 0.3) is 5.92 Å². The van der Waals surface area contributed by atoms with Crippen molar-refractivity contribution >= 4 is 18.7 Å². The number of piperidine rings is 1. The third-order valence-electron chi connectivity index (χ3n) is 6.12. The van der Waals surface area contributed by atoms with Crippen LogP contribution in [0.25, 0.3) is 0 Å². The molecule has 8 heteroatoms. The molecular formula is C22H32BF2NO4. The molecule has 0 aromatic heterocycles. The number of rotatable bonds is 2. The van der Waals surface area contributed by atoms with Crippen molar-refractivity contribution < 1.29 is 27.6 Å². The predicted octanol–water partition coefficient (Wildman–Crippen LogP) is 4.35. The Morgan fingerprint density at radius 2 is 1.63 bits per heavy atom. The Morgan fingerprint density at radius 3 is 2.10 bits per heavy atom. The van der Waals surface area contributed by atoms with Crippen LogP contribution in [0.4, 0.5) is 13.6 Å². The molecule has 2 saturated heterocycles. The maximum absolute atomic E-state index is 14.9. The number of ether oxygens (including phenoxy) is 1. The highest BCUT2D eigenvalue weighted by Crippen LogP contribution is 2.41. The van der Waals surface area contributed by atoms with Crippen molar-refractivity contribution in [2.24, 2.45) is 0 Å². The van der Waals surface area contributed by atoms with Crippen LogP contribution in [0.15, 0.2) is 24.3 Å². The number of hydrogen-bond donors (Lipinski definition) is 0. The van der Waals surface area contributed by atoms with Gasteiger partial charge >= 0.3 is 13.2 Å². The van der Waals surface area contributed by atoms with Crippen LogP contribution >= 0.6 is 0 Å². The van der Waals surface area contributed by atoms with Gasteiger partial charge in [0.15, 0.2) is 0 Å². The number of halogens is 2. The first-order chi connectivity index (χ1) is 13.6. The molecule has 0 saturated carbocycles. The maximum Gasteiger partial charge on any atom is 0.494 e. The second-order valence-corrected chi connectivity index (χ2v) is 10.3. The number of carbonyl (C=O) groups is 1. The smallest absolute Gasteiger partial charge is 0.444 e. The van der Waals surface area contributed by atoms with Gasteiger partial charge in [-0.15, -0.1) is 0 Å². The van der Waals surface area contributed by atoms with E-state index < -0.39 is 48.4 Å². The molecule has 0 spiro atoms. The van der Waals surface area contributed by atoms with Gasteiger partial charge in [-0.25, -0.2) is 13.6 Å². The summed E-state index contributed by atoms with van der Waals surface area (Å²) in [7, 11) is -0.529. The number of benzene rings is 1. The summed E-state index contributed by atoms with van der Waals surface area (Å²) in [5, 5.41) is 0. The molecule has 0 aliphatic carbocycles. The topological polar surface area (TPSA) is 48.0 Å². The normalized spacial score (nSPS) is 25.3. The molecule has 2 heterocycles. The van der Waals surface area contributed by atoms with E-state index in [1.807, 2.05) is 27.7 Å². The minimum absolute atomic E-state index is 0.169. The number of likely N-dealkylation sites (tertiary alicyclic amines) is 1. The van der Waals surface area contributed by atoms with Gasteiger partial charge in [-0.05, 0) is 65.9 Å². The number of hydrogen-bond acceptors (Lipinski definition) is 4. The first-order valence-corrected chi connectivity index (χ1v) is 10.4. The zero-order valence-electron chi connectivity index (χ0n) is 18.9. The molecule has 1 aromatic carbocycles. The minimum Gasteiger partial charge on any atom is -0.444 e. The molecule has 0 N–H and O–H groups in total. The Morgan fingerprint density at radius 1 is 1.10 bits per heavy atom. The van der Waals surface area contributed by atoms with Gasteiger partial charge in [-0.2, -0.15) is 0 Å². The molecule has 5 nitrogen and oxygen atoms in total. The average Bonchev–Trinajstić information content (AvgIpc) is 2.80. The largest absolute Gasteiger partial charge is 0.494 e. The lowest BCUT2D eigenvalue weighted by molar-refractivity contribution is -0.0848. The first-order valence-electron chi connectivity index (χ1n) is 10.4. The summed E-state index contributed by atoms with van der Waals surface area (Å²) < 4.78 is 47.1. The highest BCUT2D eigenvalue weighted by atomic mass is 19.3. The van der Waals surface area contributed by atoms with Gasteiger partial charge in [0.1, 0.15) is 5.60 Å². The summed E-state index contributed by atoms with van der Waals surface area (Å²) in [5.41, 5.74) is -0.293. The molecule has 166 valence electrons. The second kappa shape index (κ2) is 7.48. The summed E-state index contributed by atoms with van der Waals surface area (Å²) in [4.78, 5) is 13.3. The standard InChI is InChI=1S/C22H32BF2NO4/c1-19(2,3)28-18(27)26-13-12-17(22(24,25)14-26)15-8-10-16(11-9-15)23-29-20(4,5)21(6,7)30-23/h8-11,17H,12-14H2,1-7H3. The van der Waals surface area contributed by atoms with Gasteiger partial charge in [0, 0.05) is 6.54 Å². The van der Waals surface area contributed by atoms with Gasteiger partial charge in [0.05, 0.1) is 23.7 Å². The molecule has 0 bridgehead atoms. The highest BCUT2D eigenvalue weighted by Gasteiger charge is 2.52. The van der Waals surface area contributed by atoms with E-state index in [1.165, 1.54) is 0 Å². The first kappa shape index (κ1) is 23.0. The fraction of sp³-hybridized carbons (Fsp3) is 0.682. The zero-order valence-corrected chi connectivity index (χ0v) is 18.9. The summed E-state index contributed by atoms with van der Waals surface area (Å²) in [6, 6.07) is 6.99. The van der Waals surface area contributed by atoms with Crippen molar-refractivity contribution in [1.29, 1.82) is 0 Å². The van der Waals surface area contributed by atoms with E-state index in [4.69, 9.17) is 14.0 Å². The molecule has 1 atom stereocenters. The van der Waals surface area contributed by atoms with Crippen LogP contribution in [0.3, 0.4) is 0 Å². The molecule has 2 aliphatic rings.